The van der Waals surface area contributed by atoms with E-state index in [1.165, 1.54) is 0 Å². The van der Waals surface area contributed by atoms with Crippen LogP contribution in [0.25, 0.3) is 0 Å². The van der Waals surface area contributed by atoms with Gasteiger partial charge in [0.1, 0.15) is 5.75 Å². The van der Waals surface area contributed by atoms with E-state index in [-0.39, 0.29) is 6.10 Å². The molecule has 2 aromatic rings. The van der Waals surface area contributed by atoms with Gasteiger partial charge in [0.25, 0.3) is 0 Å². The zero-order chi connectivity index (χ0) is 18.4. The topological polar surface area (TPSA) is 59.0 Å². The van der Waals surface area contributed by atoms with E-state index in [1.54, 1.807) is 19.2 Å². The largest absolute Gasteiger partial charge is 0.496 e. The predicted molar refractivity (Wildman–Crippen MR) is 99.5 cm³/mol. The van der Waals surface area contributed by atoms with E-state index in [4.69, 9.17) is 14.6 Å². The highest BCUT2D eigenvalue weighted by Crippen LogP contribution is 2.22. The molecule has 138 valence electrons. The van der Waals surface area contributed by atoms with E-state index >= 15 is 0 Å². The maximum atomic E-state index is 11.1. The van der Waals surface area contributed by atoms with Gasteiger partial charge in [-0.05, 0) is 36.6 Å². The minimum atomic E-state index is -0.879. The molecule has 0 aliphatic carbocycles. The Morgan fingerprint density at radius 2 is 1.92 bits per heavy atom. The SMILES string of the molecule is COc1ccccc1COC1CCN(Cc2cccc(C(=O)O)c2)CC1. The van der Waals surface area contributed by atoms with Crippen molar-refractivity contribution >= 4 is 5.97 Å². The number of piperidine rings is 1. The Morgan fingerprint density at radius 3 is 2.65 bits per heavy atom. The lowest BCUT2D eigenvalue weighted by Crippen LogP contribution is -2.36. The summed E-state index contributed by atoms with van der Waals surface area (Å²) in [6.07, 6.45) is 2.21. The molecule has 0 spiro atoms. The Kier molecular flexibility index (Phi) is 6.26. The van der Waals surface area contributed by atoms with Crippen LogP contribution in [0.4, 0.5) is 0 Å². The minimum Gasteiger partial charge on any atom is -0.496 e. The second-order valence-corrected chi connectivity index (χ2v) is 6.60. The van der Waals surface area contributed by atoms with Crippen molar-refractivity contribution in [3.05, 3.63) is 65.2 Å². The average Bonchev–Trinajstić information content (AvgIpc) is 2.68. The van der Waals surface area contributed by atoms with Gasteiger partial charge >= 0.3 is 5.97 Å². The number of para-hydroxylation sites is 1. The molecule has 0 radical (unpaired) electrons. The van der Waals surface area contributed by atoms with Gasteiger partial charge in [-0.15, -0.1) is 0 Å². The maximum absolute atomic E-state index is 11.1. The molecule has 26 heavy (non-hydrogen) atoms. The Hall–Kier alpha value is -2.37. The van der Waals surface area contributed by atoms with Crippen molar-refractivity contribution in [2.75, 3.05) is 20.2 Å². The van der Waals surface area contributed by atoms with Gasteiger partial charge in [-0.25, -0.2) is 4.79 Å². The summed E-state index contributed by atoms with van der Waals surface area (Å²) < 4.78 is 11.4. The number of benzene rings is 2. The van der Waals surface area contributed by atoms with Gasteiger partial charge in [0.2, 0.25) is 0 Å². The van der Waals surface area contributed by atoms with E-state index in [0.717, 1.165) is 49.4 Å². The zero-order valence-electron chi connectivity index (χ0n) is 15.1. The van der Waals surface area contributed by atoms with E-state index in [2.05, 4.69) is 4.90 Å². The fourth-order valence-electron chi connectivity index (χ4n) is 3.32. The Bertz CT molecular complexity index is 738. The smallest absolute Gasteiger partial charge is 0.335 e. The zero-order valence-corrected chi connectivity index (χ0v) is 15.1. The summed E-state index contributed by atoms with van der Waals surface area (Å²) in [5.74, 6) is -0.0152. The molecule has 1 aliphatic heterocycles. The number of aromatic carboxylic acids is 1. The number of carboxylic acid groups (broad SMARTS) is 1. The van der Waals surface area contributed by atoms with Gasteiger partial charge in [0, 0.05) is 25.2 Å². The van der Waals surface area contributed by atoms with Crippen molar-refractivity contribution in [3.8, 4) is 5.75 Å². The molecule has 1 aliphatic rings. The van der Waals surface area contributed by atoms with Gasteiger partial charge in [-0.1, -0.05) is 30.3 Å². The molecular weight excluding hydrogens is 330 g/mol. The van der Waals surface area contributed by atoms with Gasteiger partial charge in [0.15, 0.2) is 0 Å². The first-order valence-electron chi connectivity index (χ1n) is 8.94. The Morgan fingerprint density at radius 1 is 1.15 bits per heavy atom. The van der Waals surface area contributed by atoms with Crippen molar-refractivity contribution in [1.82, 2.24) is 4.90 Å². The second-order valence-electron chi connectivity index (χ2n) is 6.60. The molecular formula is C21H25NO4. The minimum absolute atomic E-state index is 0.251. The highest BCUT2D eigenvalue weighted by molar-refractivity contribution is 5.87. The van der Waals surface area contributed by atoms with Crippen molar-refractivity contribution in [3.63, 3.8) is 0 Å². The van der Waals surface area contributed by atoms with Crippen LogP contribution in [0.5, 0.6) is 5.75 Å². The van der Waals surface area contributed by atoms with Crippen molar-refractivity contribution in [1.29, 1.82) is 0 Å². The Labute approximate surface area is 154 Å². The molecule has 5 nitrogen and oxygen atoms in total. The number of nitrogens with zero attached hydrogens (tertiary/aromatic N) is 1. The fraction of sp³-hybridized carbons (Fsp3) is 0.381. The summed E-state index contributed by atoms with van der Waals surface area (Å²) in [4.78, 5) is 13.4. The van der Waals surface area contributed by atoms with Crippen LogP contribution in [0.1, 0.15) is 34.3 Å². The number of carbonyl (C=O) groups is 1. The number of ether oxygens (including phenoxy) is 2. The number of carboxylic acids is 1. The molecule has 1 fully saturated rings. The summed E-state index contributed by atoms with van der Waals surface area (Å²) in [5, 5.41) is 9.10. The first-order chi connectivity index (χ1) is 12.7. The van der Waals surface area contributed by atoms with Crippen molar-refractivity contribution < 1.29 is 19.4 Å². The average molecular weight is 355 g/mol. The fourth-order valence-corrected chi connectivity index (χ4v) is 3.32. The summed E-state index contributed by atoms with van der Waals surface area (Å²) >= 11 is 0. The molecule has 0 aromatic heterocycles. The summed E-state index contributed by atoms with van der Waals surface area (Å²) in [6, 6.07) is 15.1. The number of rotatable bonds is 7. The third kappa shape index (κ3) is 4.84. The lowest BCUT2D eigenvalue weighted by molar-refractivity contribution is -0.00456. The van der Waals surface area contributed by atoms with E-state index < -0.39 is 5.97 Å². The predicted octanol–water partition coefficient (Wildman–Crippen LogP) is 3.57. The van der Waals surface area contributed by atoms with Gasteiger partial charge < -0.3 is 14.6 Å². The molecule has 1 saturated heterocycles. The van der Waals surface area contributed by atoms with Crippen LogP contribution >= 0.6 is 0 Å². The van der Waals surface area contributed by atoms with Crippen LogP contribution in [-0.2, 0) is 17.9 Å². The highest BCUT2D eigenvalue weighted by Gasteiger charge is 2.20. The number of hydrogen-bond acceptors (Lipinski definition) is 4. The highest BCUT2D eigenvalue weighted by atomic mass is 16.5. The van der Waals surface area contributed by atoms with Crippen LogP contribution in [0.3, 0.4) is 0 Å². The Balaban J connectivity index is 1.47. The number of likely N-dealkylation sites (tertiary alicyclic amines) is 1. The van der Waals surface area contributed by atoms with Gasteiger partial charge in [-0.3, -0.25) is 4.90 Å². The standard InChI is InChI=1S/C21H25NO4/c1-25-20-8-3-2-6-18(20)15-26-19-9-11-22(12-10-19)14-16-5-4-7-17(13-16)21(23)24/h2-8,13,19H,9-12,14-15H2,1H3,(H,23,24). The van der Waals surface area contributed by atoms with Crippen LogP contribution < -0.4 is 4.74 Å². The van der Waals surface area contributed by atoms with Gasteiger partial charge in [-0.2, -0.15) is 0 Å². The summed E-state index contributed by atoms with van der Waals surface area (Å²) in [7, 11) is 1.68. The van der Waals surface area contributed by atoms with Crippen molar-refractivity contribution in [2.45, 2.75) is 32.1 Å². The molecule has 0 unspecified atom stereocenters. The molecule has 0 bridgehead atoms. The molecule has 0 amide bonds. The molecule has 1 N–H and O–H groups in total. The summed E-state index contributed by atoms with van der Waals surface area (Å²) in [6.45, 7) is 3.25. The van der Waals surface area contributed by atoms with Crippen LogP contribution in [-0.4, -0.2) is 42.3 Å². The molecule has 2 aromatic carbocycles. The van der Waals surface area contributed by atoms with Crippen LogP contribution in [0.2, 0.25) is 0 Å². The number of hydrogen-bond donors (Lipinski definition) is 1. The quantitative estimate of drug-likeness (QED) is 0.823. The lowest BCUT2D eigenvalue weighted by Gasteiger charge is -2.32. The van der Waals surface area contributed by atoms with Crippen LogP contribution in [0, 0.1) is 0 Å². The maximum Gasteiger partial charge on any atom is 0.335 e. The monoisotopic (exact) mass is 355 g/mol. The van der Waals surface area contributed by atoms with E-state index in [1.807, 2.05) is 36.4 Å². The van der Waals surface area contributed by atoms with E-state index in [9.17, 15) is 4.79 Å². The van der Waals surface area contributed by atoms with Crippen LogP contribution in [0.15, 0.2) is 48.5 Å². The third-order valence-corrected chi connectivity index (χ3v) is 4.78. The normalized spacial score (nSPS) is 15.7. The first kappa shape index (κ1) is 18.4. The molecule has 0 saturated carbocycles. The molecule has 3 rings (SSSR count). The van der Waals surface area contributed by atoms with E-state index in [0.29, 0.717) is 12.2 Å². The molecule has 1 heterocycles. The summed E-state index contributed by atoms with van der Waals surface area (Å²) in [5.41, 5.74) is 2.46. The van der Waals surface area contributed by atoms with Crippen molar-refractivity contribution in [2.24, 2.45) is 0 Å². The molecule has 0 atom stereocenters. The number of methoxy groups -OCH3 is 1. The lowest BCUT2D eigenvalue weighted by atomic mass is 10.1. The van der Waals surface area contributed by atoms with Gasteiger partial charge in [0.05, 0.1) is 25.4 Å². The second kappa shape index (κ2) is 8.83. The first-order valence-corrected chi connectivity index (χ1v) is 8.94. The molecule has 5 heteroatoms. The third-order valence-electron chi connectivity index (χ3n) is 4.78.